The molecule has 0 atom stereocenters. The molecule has 1 N–H and O–H groups in total. The highest BCUT2D eigenvalue weighted by molar-refractivity contribution is 5.83. The average molecular weight is 231 g/mol. The number of fused-ring (bicyclic) bond motifs is 1. The van der Waals surface area contributed by atoms with Crippen LogP contribution in [0, 0.1) is 6.92 Å². The van der Waals surface area contributed by atoms with Gasteiger partial charge in [-0.3, -0.25) is 0 Å². The third kappa shape index (κ3) is 1.98. The Morgan fingerprint density at radius 2 is 2.00 bits per heavy atom. The van der Waals surface area contributed by atoms with Gasteiger partial charge in [-0.2, -0.15) is 0 Å². The molecule has 0 saturated heterocycles. The number of hydrogen-bond donors (Lipinski definition) is 1. The second kappa shape index (κ2) is 4.00. The molecule has 1 aromatic carbocycles. The van der Waals surface area contributed by atoms with Gasteiger partial charge in [0.25, 0.3) is 0 Å². The normalized spacial score (nSPS) is 12.0. The van der Waals surface area contributed by atoms with Crippen molar-refractivity contribution < 1.29 is 9.84 Å². The summed E-state index contributed by atoms with van der Waals surface area (Å²) in [5.41, 5.74) is 1.98. The monoisotopic (exact) mass is 231 g/mol. The van der Waals surface area contributed by atoms with E-state index in [0.29, 0.717) is 5.69 Å². The van der Waals surface area contributed by atoms with Gasteiger partial charge in [-0.1, -0.05) is 18.2 Å². The van der Waals surface area contributed by atoms with Crippen molar-refractivity contribution in [2.75, 3.05) is 7.11 Å². The van der Waals surface area contributed by atoms with Crippen LogP contribution in [0.5, 0.6) is 5.75 Å². The predicted molar refractivity (Wildman–Crippen MR) is 68.2 cm³/mol. The lowest BCUT2D eigenvalue weighted by atomic mass is 10.0. The van der Waals surface area contributed by atoms with Crippen LogP contribution in [0.1, 0.15) is 25.1 Å². The van der Waals surface area contributed by atoms with Crippen molar-refractivity contribution in [3.63, 3.8) is 0 Å². The zero-order valence-corrected chi connectivity index (χ0v) is 10.6. The van der Waals surface area contributed by atoms with Crippen LogP contribution in [0.3, 0.4) is 0 Å². The van der Waals surface area contributed by atoms with Crippen molar-refractivity contribution >= 4 is 10.9 Å². The minimum atomic E-state index is -0.597. The highest BCUT2D eigenvalue weighted by atomic mass is 16.5. The summed E-state index contributed by atoms with van der Waals surface area (Å²) >= 11 is 0. The van der Waals surface area contributed by atoms with E-state index in [4.69, 9.17) is 4.74 Å². The predicted octanol–water partition coefficient (Wildman–Crippen LogP) is 3.13. The smallest absolute Gasteiger partial charge is 0.140 e. The van der Waals surface area contributed by atoms with Gasteiger partial charge < -0.3 is 9.84 Å². The Morgan fingerprint density at radius 3 is 2.65 bits per heavy atom. The number of benzene rings is 1. The molecule has 17 heavy (non-hydrogen) atoms. The Bertz CT molecular complexity index is 561. The Labute approximate surface area is 101 Å². The second-order valence-corrected chi connectivity index (χ2v) is 4.72. The maximum Gasteiger partial charge on any atom is 0.140 e. The zero-order chi connectivity index (χ0) is 12.6. The molecule has 1 heterocycles. The molecule has 0 bridgehead atoms. The molecule has 0 unspecified atom stereocenters. The molecule has 0 spiro atoms. The molecule has 0 radical (unpaired) electrons. The summed E-state index contributed by atoms with van der Waals surface area (Å²) in [5, 5.41) is 11.0. The summed E-state index contributed by atoms with van der Waals surface area (Å²) in [6.45, 7) is 5.79. The Kier molecular flexibility index (Phi) is 2.79. The topological polar surface area (TPSA) is 42.4 Å². The molecule has 0 aliphatic heterocycles. The first-order valence-electron chi connectivity index (χ1n) is 5.60. The fraction of sp³-hybridized carbons (Fsp3) is 0.357. The Balaban J connectivity index is 2.74. The van der Waals surface area contributed by atoms with Gasteiger partial charge in [0.1, 0.15) is 17.0 Å². The van der Waals surface area contributed by atoms with Crippen LogP contribution >= 0.6 is 0 Å². The van der Waals surface area contributed by atoms with Gasteiger partial charge in [-0.15, -0.1) is 0 Å². The summed E-state index contributed by atoms with van der Waals surface area (Å²) in [6.07, 6.45) is 0. The van der Waals surface area contributed by atoms with Crippen LogP contribution in [0.25, 0.3) is 10.9 Å². The van der Waals surface area contributed by atoms with Gasteiger partial charge in [0, 0.05) is 12.5 Å². The standard InChI is InChI=1S/C14H17NO2/c1-9-6-5-7-10-8-11(16)13(15-12(9)10)14(2,3)17-4/h5-8,16H,1-4H3. The average Bonchev–Trinajstić information content (AvgIpc) is 2.28. The summed E-state index contributed by atoms with van der Waals surface area (Å²) in [5.74, 6) is 0.176. The molecule has 3 heteroatoms. The highest BCUT2D eigenvalue weighted by Crippen LogP contribution is 2.32. The largest absolute Gasteiger partial charge is 0.506 e. The van der Waals surface area contributed by atoms with Gasteiger partial charge in [0.15, 0.2) is 0 Å². The van der Waals surface area contributed by atoms with E-state index in [1.54, 1.807) is 13.2 Å². The van der Waals surface area contributed by atoms with Crippen molar-refractivity contribution in [3.8, 4) is 5.75 Å². The molecule has 2 rings (SSSR count). The van der Waals surface area contributed by atoms with E-state index in [2.05, 4.69) is 4.98 Å². The van der Waals surface area contributed by atoms with Crippen LogP contribution in [-0.2, 0) is 10.3 Å². The minimum Gasteiger partial charge on any atom is -0.506 e. The maximum absolute atomic E-state index is 10.0. The summed E-state index contributed by atoms with van der Waals surface area (Å²) in [7, 11) is 1.61. The molecule has 2 aromatic rings. The van der Waals surface area contributed by atoms with Crippen LogP contribution in [-0.4, -0.2) is 17.2 Å². The molecule has 3 nitrogen and oxygen atoms in total. The van der Waals surface area contributed by atoms with Crippen LogP contribution in [0.15, 0.2) is 24.3 Å². The minimum absolute atomic E-state index is 0.176. The number of aromatic nitrogens is 1. The molecule has 0 saturated carbocycles. The number of rotatable bonds is 2. The van der Waals surface area contributed by atoms with E-state index in [1.165, 1.54) is 0 Å². The first-order valence-corrected chi connectivity index (χ1v) is 5.60. The van der Waals surface area contributed by atoms with Crippen LogP contribution < -0.4 is 0 Å². The fourth-order valence-corrected chi connectivity index (χ4v) is 1.88. The Hall–Kier alpha value is -1.61. The second-order valence-electron chi connectivity index (χ2n) is 4.72. The molecule has 0 fully saturated rings. The molecule has 0 amide bonds. The van der Waals surface area contributed by atoms with Crippen LogP contribution in [0.4, 0.5) is 0 Å². The summed E-state index contributed by atoms with van der Waals surface area (Å²) < 4.78 is 5.37. The number of nitrogens with zero attached hydrogens (tertiary/aromatic N) is 1. The van der Waals surface area contributed by atoms with Gasteiger partial charge in [0.2, 0.25) is 0 Å². The number of aryl methyl sites for hydroxylation is 1. The molecule has 1 aromatic heterocycles. The number of hydrogen-bond acceptors (Lipinski definition) is 3. The van der Waals surface area contributed by atoms with Gasteiger partial charge in [-0.05, 0) is 32.4 Å². The lowest BCUT2D eigenvalue weighted by molar-refractivity contribution is 0.0138. The van der Waals surface area contributed by atoms with Gasteiger partial charge in [-0.25, -0.2) is 4.98 Å². The molecular formula is C14H17NO2. The lowest BCUT2D eigenvalue weighted by Gasteiger charge is -2.23. The van der Waals surface area contributed by atoms with Crippen molar-refractivity contribution in [3.05, 3.63) is 35.5 Å². The maximum atomic E-state index is 10.0. The van der Waals surface area contributed by atoms with E-state index in [-0.39, 0.29) is 5.75 Å². The fourth-order valence-electron chi connectivity index (χ4n) is 1.88. The molecule has 0 aliphatic rings. The quantitative estimate of drug-likeness (QED) is 0.863. The Morgan fingerprint density at radius 1 is 1.29 bits per heavy atom. The first kappa shape index (κ1) is 11.9. The van der Waals surface area contributed by atoms with E-state index >= 15 is 0 Å². The summed E-state index contributed by atoms with van der Waals surface area (Å²) in [4.78, 5) is 4.54. The van der Waals surface area contributed by atoms with Crippen molar-refractivity contribution in [1.29, 1.82) is 0 Å². The molecular weight excluding hydrogens is 214 g/mol. The van der Waals surface area contributed by atoms with Crippen molar-refractivity contribution in [2.24, 2.45) is 0 Å². The van der Waals surface area contributed by atoms with E-state index < -0.39 is 5.60 Å². The highest BCUT2D eigenvalue weighted by Gasteiger charge is 2.25. The molecule has 0 aliphatic carbocycles. The number of aromatic hydroxyl groups is 1. The van der Waals surface area contributed by atoms with E-state index in [1.807, 2.05) is 39.0 Å². The zero-order valence-electron chi connectivity index (χ0n) is 10.6. The number of ether oxygens (including phenoxy) is 1. The third-order valence-electron chi connectivity index (χ3n) is 3.11. The van der Waals surface area contributed by atoms with Gasteiger partial charge >= 0.3 is 0 Å². The third-order valence-corrected chi connectivity index (χ3v) is 3.11. The number of pyridine rings is 1. The van der Waals surface area contributed by atoms with Crippen LogP contribution in [0.2, 0.25) is 0 Å². The number of methoxy groups -OCH3 is 1. The van der Waals surface area contributed by atoms with E-state index in [9.17, 15) is 5.11 Å². The first-order chi connectivity index (χ1) is 7.95. The lowest BCUT2D eigenvalue weighted by Crippen LogP contribution is -2.21. The number of para-hydroxylation sites is 1. The van der Waals surface area contributed by atoms with E-state index in [0.717, 1.165) is 16.5 Å². The van der Waals surface area contributed by atoms with Gasteiger partial charge in [0.05, 0.1) is 5.52 Å². The SMILES string of the molecule is COC(C)(C)c1nc2c(C)cccc2cc1O. The molecule has 90 valence electrons. The van der Waals surface area contributed by atoms with Crippen molar-refractivity contribution in [2.45, 2.75) is 26.4 Å². The summed E-state index contributed by atoms with van der Waals surface area (Å²) in [6, 6.07) is 7.65. The van der Waals surface area contributed by atoms with Crippen molar-refractivity contribution in [1.82, 2.24) is 4.98 Å².